The van der Waals surface area contributed by atoms with Gasteiger partial charge in [-0.3, -0.25) is 0 Å². The highest BCUT2D eigenvalue weighted by Crippen LogP contribution is 2.44. The quantitative estimate of drug-likeness (QED) is 0.516. The maximum absolute atomic E-state index is 9.25. The number of hydrogen-bond acceptors (Lipinski definition) is 9. The maximum atomic E-state index is 9.25. The van der Waals surface area contributed by atoms with Crippen LogP contribution in [0.1, 0.15) is 45.4 Å². The summed E-state index contributed by atoms with van der Waals surface area (Å²) in [6, 6.07) is 7.28. The molecule has 1 atom stereocenters. The Bertz CT molecular complexity index is 934. The molecule has 0 aliphatic heterocycles. The van der Waals surface area contributed by atoms with Crippen molar-refractivity contribution >= 4 is 11.8 Å². The molecule has 4 rings (SSSR count). The fraction of sp³-hybridized carbons (Fsp3) is 0.609. The summed E-state index contributed by atoms with van der Waals surface area (Å²) in [7, 11) is 1.74. The lowest BCUT2D eigenvalue weighted by molar-refractivity contribution is 0.161. The Labute approximate surface area is 189 Å². The van der Waals surface area contributed by atoms with Crippen molar-refractivity contribution < 1.29 is 4.74 Å². The summed E-state index contributed by atoms with van der Waals surface area (Å²) in [6.07, 6.45) is 9.72. The van der Waals surface area contributed by atoms with Crippen molar-refractivity contribution in [3.8, 4) is 17.6 Å². The molecule has 2 heterocycles. The number of nitriles is 1. The lowest BCUT2D eigenvalue weighted by Gasteiger charge is -2.31. The fourth-order valence-corrected chi connectivity index (χ4v) is 4.16. The number of methoxy groups -OCH3 is 1. The Morgan fingerprint density at radius 3 is 2.59 bits per heavy atom. The van der Waals surface area contributed by atoms with Crippen LogP contribution in [-0.4, -0.2) is 58.3 Å². The zero-order valence-electron chi connectivity index (χ0n) is 18.8. The van der Waals surface area contributed by atoms with E-state index < -0.39 is 0 Å². The molecule has 2 aliphatic carbocycles. The van der Waals surface area contributed by atoms with E-state index in [9.17, 15) is 5.26 Å². The van der Waals surface area contributed by atoms with E-state index in [2.05, 4.69) is 48.9 Å². The van der Waals surface area contributed by atoms with Gasteiger partial charge >= 0.3 is 0 Å². The molecule has 32 heavy (non-hydrogen) atoms. The standard InChI is InChI=1S/C23H32N8O/c1-16(13-32-2)28-17-3-5-18(6-4-17)29-22-26-11-7-19(30-22)21-25-12-8-20(31-21)27-15-23(14-24)9-10-23/h7-8,11-12,16-18,28H,3-6,9-10,13,15H2,1-2H3,(H,25,27,31)(H,26,29,30)/t16-,17?,18?/m1/s1. The van der Waals surface area contributed by atoms with Crippen molar-refractivity contribution in [1.29, 1.82) is 5.26 Å². The number of ether oxygens (including phenoxy) is 1. The van der Waals surface area contributed by atoms with Gasteiger partial charge in [0.15, 0.2) is 5.82 Å². The summed E-state index contributed by atoms with van der Waals surface area (Å²) >= 11 is 0. The third-order valence-corrected chi connectivity index (χ3v) is 6.24. The molecule has 9 nitrogen and oxygen atoms in total. The number of rotatable bonds is 10. The minimum absolute atomic E-state index is 0.229. The number of nitrogens with zero attached hydrogens (tertiary/aromatic N) is 5. The summed E-state index contributed by atoms with van der Waals surface area (Å²) in [5.74, 6) is 1.86. The average molecular weight is 437 g/mol. The molecule has 2 saturated carbocycles. The van der Waals surface area contributed by atoms with Crippen LogP contribution < -0.4 is 16.0 Å². The minimum atomic E-state index is -0.229. The van der Waals surface area contributed by atoms with Crippen LogP contribution in [0.2, 0.25) is 0 Å². The third-order valence-electron chi connectivity index (χ3n) is 6.24. The van der Waals surface area contributed by atoms with Crippen LogP contribution in [0.3, 0.4) is 0 Å². The van der Waals surface area contributed by atoms with Gasteiger partial charge in [0.1, 0.15) is 11.5 Å². The summed E-state index contributed by atoms with van der Waals surface area (Å²) < 4.78 is 5.22. The van der Waals surface area contributed by atoms with Gasteiger partial charge in [0.2, 0.25) is 5.95 Å². The molecule has 0 saturated heterocycles. The number of anilines is 2. The molecule has 2 aliphatic rings. The fourth-order valence-electron chi connectivity index (χ4n) is 4.16. The Morgan fingerprint density at radius 1 is 1.12 bits per heavy atom. The molecule has 170 valence electrons. The molecule has 0 bridgehead atoms. The van der Waals surface area contributed by atoms with Gasteiger partial charge in [0.25, 0.3) is 0 Å². The number of hydrogen-bond donors (Lipinski definition) is 3. The van der Waals surface area contributed by atoms with Gasteiger partial charge in [-0.05, 0) is 57.6 Å². The van der Waals surface area contributed by atoms with Gasteiger partial charge in [-0.1, -0.05) is 0 Å². The predicted molar refractivity (Wildman–Crippen MR) is 123 cm³/mol. The van der Waals surface area contributed by atoms with Crippen molar-refractivity contribution in [2.45, 2.75) is 63.6 Å². The molecule has 9 heteroatoms. The highest BCUT2D eigenvalue weighted by atomic mass is 16.5. The van der Waals surface area contributed by atoms with Gasteiger partial charge in [0, 0.05) is 44.2 Å². The van der Waals surface area contributed by atoms with E-state index in [1.54, 1.807) is 19.5 Å². The number of aromatic nitrogens is 4. The van der Waals surface area contributed by atoms with Gasteiger partial charge in [-0.2, -0.15) is 5.26 Å². The van der Waals surface area contributed by atoms with Crippen LogP contribution in [0.15, 0.2) is 24.5 Å². The monoisotopic (exact) mass is 436 g/mol. The van der Waals surface area contributed by atoms with Gasteiger partial charge in [-0.15, -0.1) is 0 Å². The molecule has 2 aromatic heterocycles. The first kappa shape index (κ1) is 22.4. The van der Waals surface area contributed by atoms with E-state index in [1.165, 1.54) is 0 Å². The first-order valence-electron chi connectivity index (χ1n) is 11.4. The summed E-state index contributed by atoms with van der Waals surface area (Å²) in [6.45, 7) is 3.50. The first-order chi connectivity index (χ1) is 15.6. The molecule has 0 spiro atoms. The van der Waals surface area contributed by atoms with Crippen molar-refractivity contribution in [3.63, 3.8) is 0 Å². The minimum Gasteiger partial charge on any atom is -0.383 e. The van der Waals surface area contributed by atoms with E-state index in [0.717, 1.165) is 45.1 Å². The maximum Gasteiger partial charge on any atom is 0.223 e. The average Bonchev–Trinajstić information content (AvgIpc) is 3.60. The largest absolute Gasteiger partial charge is 0.383 e. The van der Waals surface area contributed by atoms with E-state index in [0.29, 0.717) is 48.0 Å². The van der Waals surface area contributed by atoms with Gasteiger partial charge in [-0.25, -0.2) is 19.9 Å². The van der Waals surface area contributed by atoms with Crippen LogP contribution in [0.5, 0.6) is 0 Å². The zero-order valence-corrected chi connectivity index (χ0v) is 18.8. The second kappa shape index (κ2) is 10.2. The van der Waals surface area contributed by atoms with Crippen molar-refractivity contribution in [2.75, 3.05) is 30.9 Å². The molecule has 3 N–H and O–H groups in total. The molecule has 0 unspecified atom stereocenters. The SMILES string of the molecule is COC[C@@H](C)NC1CCC(Nc2nccc(-c3nccc(NCC4(C#N)CC4)n3)n2)CC1. The van der Waals surface area contributed by atoms with Crippen LogP contribution >= 0.6 is 0 Å². The van der Waals surface area contributed by atoms with E-state index in [-0.39, 0.29) is 5.41 Å². The van der Waals surface area contributed by atoms with Crippen molar-refractivity contribution in [1.82, 2.24) is 25.3 Å². The summed E-state index contributed by atoms with van der Waals surface area (Å²) in [5, 5.41) is 19.6. The highest BCUT2D eigenvalue weighted by molar-refractivity contribution is 5.53. The molecule has 0 radical (unpaired) electrons. The van der Waals surface area contributed by atoms with Crippen LogP contribution in [-0.2, 0) is 4.74 Å². The van der Waals surface area contributed by atoms with Crippen molar-refractivity contribution in [3.05, 3.63) is 24.5 Å². The summed E-state index contributed by atoms with van der Waals surface area (Å²) in [5.41, 5.74) is 0.448. The normalized spacial score (nSPS) is 22.5. The van der Waals surface area contributed by atoms with Gasteiger partial charge in [0.05, 0.1) is 18.1 Å². The van der Waals surface area contributed by atoms with Gasteiger partial charge < -0.3 is 20.7 Å². The smallest absolute Gasteiger partial charge is 0.223 e. The Balaban J connectivity index is 1.32. The van der Waals surface area contributed by atoms with Crippen LogP contribution in [0.4, 0.5) is 11.8 Å². The summed E-state index contributed by atoms with van der Waals surface area (Å²) in [4.78, 5) is 18.0. The van der Waals surface area contributed by atoms with E-state index in [4.69, 9.17) is 4.74 Å². The zero-order chi connectivity index (χ0) is 22.4. The molecule has 0 aromatic carbocycles. The van der Waals surface area contributed by atoms with Crippen LogP contribution in [0, 0.1) is 16.7 Å². The predicted octanol–water partition coefficient (Wildman–Crippen LogP) is 3.00. The third kappa shape index (κ3) is 5.90. The molecular formula is C23H32N8O. The Kier molecular flexibility index (Phi) is 7.12. The molecule has 2 aromatic rings. The first-order valence-corrected chi connectivity index (χ1v) is 11.4. The Morgan fingerprint density at radius 2 is 1.88 bits per heavy atom. The second-order valence-corrected chi connectivity index (χ2v) is 8.99. The lowest BCUT2D eigenvalue weighted by Crippen LogP contribution is -2.43. The molecule has 0 amide bonds. The number of nitrogens with one attached hydrogen (secondary N) is 3. The second-order valence-electron chi connectivity index (χ2n) is 8.99. The Hall–Kier alpha value is -2.83. The van der Waals surface area contributed by atoms with Crippen molar-refractivity contribution in [2.24, 2.45) is 5.41 Å². The topological polar surface area (TPSA) is 121 Å². The van der Waals surface area contributed by atoms with Crippen LogP contribution in [0.25, 0.3) is 11.5 Å². The van der Waals surface area contributed by atoms with E-state index >= 15 is 0 Å². The van der Waals surface area contributed by atoms with E-state index in [1.807, 2.05) is 12.1 Å². The lowest BCUT2D eigenvalue weighted by atomic mass is 9.91. The molecule has 2 fully saturated rings. The molecular weight excluding hydrogens is 404 g/mol. The highest BCUT2D eigenvalue weighted by Gasteiger charge is 2.42.